The summed E-state index contributed by atoms with van der Waals surface area (Å²) in [7, 11) is 0. The first-order valence-corrected chi connectivity index (χ1v) is 5.94. The Bertz CT molecular complexity index is 402. The number of carbonyl (C=O) groups excluding carboxylic acids is 1. The molecule has 2 rings (SSSR count). The molecule has 0 radical (unpaired) electrons. The molecule has 0 bridgehead atoms. The highest BCUT2D eigenvalue weighted by Crippen LogP contribution is 2.29. The molecule has 1 aliphatic carbocycles. The molecule has 0 saturated heterocycles. The lowest BCUT2D eigenvalue weighted by molar-refractivity contribution is 0.0833. The van der Waals surface area contributed by atoms with Gasteiger partial charge in [-0.1, -0.05) is 24.4 Å². The van der Waals surface area contributed by atoms with Crippen LogP contribution in [-0.2, 0) is 0 Å². The number of nitrogens with zero attached hydrogens (tertiary/aromatic N) is 2. The first-order chi connectivity index (χ1) is 8.15. The fourth-order valence-corrected chi connectivity index (χ4v) is 2.21. The molecule has 0 spiro atoms. The Morgan fingerprint density at radius 3 is 2.65 bits per heavy atom. The van der Waals surface area contributed by atoms with Gasteiger partial charge in [-0.15, -0.1) is 0 Å². The van der Waals surface area contributed by atoms with Crippen molar-refractivity contribution in [2.45, 2.75) is 31.2 Å². The summed E-state index contributed by atoms with van der Waals surface area (Å²) in [4.78, 5) is 19.6. The molecule has 0 aliphatic heterocycles. The second kappa shape index (κ2) is 4.98. The molecular weight excluding hydrogens is 242 g/mol. The molecule has 5 nitrogen and oxygen atoms in total. The van der Waals surface area contributed by atoms with E-state index in [-0.39, 0.29) is 23.4 Å². The highest BCUT2D eigenvalue weighted by Gasteiger charge is 2.35. The number of amides is 1. The van der Waals surface area contributed by atoms with Crippen molar-refractivity contribution in [3.63, 3.8) is 0 Å². The van der Waals surface area contributed by atoms with Gasteiger partial charge >= 0.3 is 0 Å². The van der Waals surface area contributed by atoms with E-state index in [2.05, 4.69) is 15.3 Å². The topological polar surface area (TPSA) is 75.1 Å². The van der Waals surface area contributed by atoms with Crippen LogP contribution in [0.3, 0.4) is 0 Å². The molecule has 6 heteroatoms. The maximum Gasteiger partial charge on any atom is 0.271 e. The highest BCUT2D eigenvalue weighted by atomic mass is 35.5. The van der Waals surface area contributed by atoms with Crippen molar-refractivity contribution in [3.8, 4) is 0 Å². The van der Waals surface area contributed by atoms with Crippen LogP contribution < -0.4 is 5.32 Å². The molecule has 1 aromatic heterocycles. The summed E-state index contributed by atoms with van der Waals surface area (Å²) in [6.45, 7) is -0.0419. The van der Waals surface area contributed by atoms with Crippen molar-refractivity contribution in [2.24, 2.45) is 0 Å². The van der Waals surface area contributed by atoms with Crippen LogP contribution in [-0.4, -0.2) is 33.1 Å². The van der Waals surface area contributed by atoms with Gasteiger partial charge in [0, 0.05) is 0 Å². The third-order valence-electron chi connectivity index (χ3n) is 3.09. The Kier molecular flexibility index (Phi) is 3.59. The smallest absolute Gasteiger partial charge is 0.271 e. The summed E-state index contributed by atoms with van der Waals surface area (Å²) in [6, 6.07) is 0. The third kappa shape index (κ3) is 2.73. The molecule has 1 aromatic rings. The number of aliphatic hydroxyl groups is 1. The van der Waals surface area contributed by atoms with Gasteiger partial charge in [0.2, 0.25) is 0 Å². The standard InChI is InChI=1S/C11H14ClN3O2/c12-9-6-13-8(5-14-9)10(17)15-11(7-16)3-1-2-4-11/h5-6,16H,1-4,7H2,(H,15,17). The fourth-order valence-electron chi connectivity index (χ4n) is 2.11. The van der Waals surface area contributed by atoms with Gasteiger partial charge in [-0.2, -0.15) is 0 Å². The molecule has 1 saturated carbocycles. The monoisotopic (exact) mass is 255 g/mol. The molecule has 0 unspecified atom stereocenters. The van der Waals surface area contributed by atoms with Crippen molar-refractivity contribution in [3.05, 3.63) is 23.2 Å². The normalized spacial score (nSPS) is 18.0. The molecule has 1 fully saturated rings. The van der Waals surface area contributed by atoms with Gasteiger partial charge in [0.15, 0.2) is 0 Å². The zero-order chi connectivity index (χ0) is 12.3. The van der Waals surface area contributed by atoms with E-state index in [9.17, 15) is 9.90 Å². The Labute approximate surface area is 104 Å². The van der Waals surface area contributed by atoms with Gasteiger partial charge in [-0.05, 0) is 12.8 Å². The lowest BCUT2D eigenvalue weighted by Gasteiger charge is -2.27. The van der Waals surface area contributed by atoms with Crippen molar-refractivity contribution in [1.29, 1.82) is 0 Å². The van der Waals surface area contributed by atoms with Crippen LogP contribution in [0, 0.1) is 0 Å². The maximum atomic E-state index is 11.9. The minimum Gasteiger partial charge on any atom is -0.394 e. The predicted octanol–water partition coefficient (Wildman–Crippen LogP) is 1.16. The number of nitrogens with one attached hydrogen (secondary N) is 1. The van der Waals surface area contributed by atoms with Gasteiger partial charge in [-0.3, -0.25) is 4.79 Å². The second-order valence-electron chi connectivity index (χ2n) is 4.32. The number of carbonyl (C=O) groups is 1. The largest absolute Gasteiger partial charge is 0.394 e. The second-order valence-corrected chi connectivity index (χ2v) is 4.71. The summed E-state index contributed by atoms with van der Waals surface area (Å²) >= 11 is 5.60. The lowest BCUT2D eigenvalue weighted by atomic mass is 9.99. The molecule has 1 aliphatic rings. The van der Waals surface area contributed by atoms with E-state index in [0.29, 0.717) is 0 Å². The van der Waals surface area contributed by atoms with E-state index in [1.165, 1.54) is 12.4 Å². The van der Waals surface area contributed by atoms with Gasteiger partial charge in [0.05, 0.1) is 24.5 Å². The van der Waals surface area contributed by atoms with Gasteiger partial charge < -0.3 is 10.4 Å². The van der Waals surface area contributed by atoms with E-state index >= 15 is 0 Å². The predicted molar refractivity (Wildman–Crippen MR) is 62.8 cm³/mol. The Morgan fingerprint density at radius 1 is 1.41 bits per heavy atom. The van der Waals surface area contributed by atoms with Crippen LogP contribution in [0.1, 0.15) is 36.2 Å². The molecule has 0 atom stereocenters. The van der Waals surface area contributed by atoms with E-state index in [1.54, 1.807) is 0 Å². The van der Waals surface area contributed by atoms with Crippen molar-refractivity contribution in [2.75, 3.05) is 6.61 Å². The fraction of sp³-hybridized carbons (Fsp3) is 0.545. The Morgan fingerprint density at radius 2 is 2.12 bits per heavy atom. The zero-order valence-electron chi connectivity index (χ0n) is 9.32. The highest BCUT2D eigenvalue weighted by molar-refractivity contribution is 6.29. The number of aromatic nitrogens is 2. The van der Waals surface area contributed by atoms with Crippen molar-refractivity contribution in [1.82, 2.24) is 15.3 Å². The number of rotatable bonds is 3. The van der Waals surface area contributed by atoms with Gasteiger partial charge in [0.1, 0.15) is 10.8 Å². The summed E-state index contributed by atoms with van der Waals surface area (Å²) in [5, 5.41) is 12.5. The SMILES string of the molecule is O=C(NC1(CO)CCCC1)c1cnc(Cl)cn1. The van der Waals surface area contributed by atoms with Crippen LogP contribution in [0.2, 0.25) is 5.15 Å². The minimum absolute atomic E-state index is 0.0419. The molecule has 17 heavy (non-hydrogen) atoms. The van der Waals surface area contributed by atoms with Crippen LogP contribution in [0.25, 0.3) is 0 Å². The molecule has 1 heterocycles. The van der Waals surface area contributed by atoms with Crippen LogP contribution in [0.4, 0.5) is 0 Å². The number of aliphatic hydroxyl groups excluding tert-OH is 1. The summed E-state index contributed by atoms with van der Waals surface area (Å²) in [5.74, 6) is -0.315. The Hall–Kier alpha value is -1.20. The summed E-state index contributed by atoms with van der Waals surface area (Å²) < 4.78 is 0. The number of hydrogen-bond donors (Lipinski definition) is 2. The van der Waals surface area contributed by atoms with Gasteiger partial charge in [-0.25, -0.2) is 9.97 Å². The summed E-state index contributed by atoms with van der Waals surface area (Å²) in [6.07, 6.45) is 6.31. The van der Waals surface area contributed by atoms with Crippen LogP contribution in [0.15, 0.2) is 12.4 Å². The van der Waals surface area contributed by atoms with Crippen LogP contribution >= 0.6 is 11.6 Å². The van der Waals surface area contributed by atoms with E-state index < -0.39 is 5.54 Å². The molecule has 0 aromatic carbocycles. The lowest BCUT2D eigenvalue weighted by Crippen LogP contribution is -2.49. The Balaban J connectivity index is 2.08. The molecule has 92 valence electrons. The van der Waals surface area contributed by atoms with Crippen molar-refractivity contribution >= 4 is 17.5 Å². The average molecular weight is 256 g/mol. The first-order valence-electron chi connectivity index (χ1n) is 5.56. The average Bonchev–Trinajstić information content (AvgIpc) is 2.79. The minimum atomic E-state index is -0.488. The molecular formula is C11H14ClN3O2. The van der Waals surface area contributed by atoms with Crippen LogP contribution in [0.5, 0.6) is 0 Å². The van der Waals surface area contributed by atoms with Crippen molar-refractivity contribution < 1.29 is 9.90 Å². The molecule has 1 amide bonds. The van der Waals surface area contributed by atoms with E-state index in [4.69, 9.17) is 11.6 Å². The number of hydrogen-bond acceptors (Lipinski definition) is 4. The maximum absolute atomic E-state index is 11.9. The molecule has 2 N–H and O–H groups in total. The summed E-state index contributed by atoms with van der Waals surface area (Å²) in [5.41, 5.74) is -0.271. The zero-order valence-corrected chi connectivity index (χ0v) is 10.1. The van der Waals surface area contributed by atoms with E-state index in [1.807, 2.05) is 0 Å². The number of halogens is 1. The quantitative estimate of drug-likeness (QED) is 0.850. The third-order valence-corrected chi connectivity index (χ3v) is 3.29. The van der Waals surface area contributed by atoms with Gasteiger partial charge in [0.25, 0.3) is 5.91 Å². The van der Waals surface area contributed by atoms with E-state index in [0.717, 1.165) is 25.7 Å². The first kappa shape index (κ1) is 12.3.